The number of nitrogens with one attached hydrogen (secondary N) is 2. The Morgan fingerprint density at radius 2 is 1.45 bits per heavy atom. The summed E-state index contributed by atoms with van der Waals surface area (Å²) in [5, 5.41) is 3.15. The van der Waals surface area contributed by atoms with Crippen LogP contribution in [-0.4, -0.2) is 45.1 Å². The molecule has 0 saturated carbocycles. The average Bonchev–Trinajstić information content (AvgIpc) is 3.03. The number of benzene rings is 4. The molecule has 5 aromatic rings. The second kappa shape index (κ2) is 12.9. The van der Waals surface area contributed by atoms with Crippen LogP contribution in [0.2, 0.25) is 0 Å². The standard InChI is InChI=1S/C32H32N6O5S/c1-21(22-10-5-4-6-11-22)38(20-30(33)39)24-12-9-13-27(18-24)44(40,41)37-32-31(35-28-14-7-8-15-29(28)36-32)34-23-16-25(42-2)19-26(17-23)43-3/h4-19,21H,20H2,1-3H3,(H2,33,39)(H,34,35)(H,36,37). The van der Waals surface area contributed by atoms with Crippen LogP contribution in [0.4, 0.5) is 23.0 Å². The van der Waals surface area contributed by atoms with Crippen molar-refractivity contribution >= 4 is 50.0 Å². The van der Waals surface area contributed by atoms with E-state index in [1.54, 1.807) is 53.4 Å². The third kappa shape index (κ3) is 6.81. The monoisotopic (exact) mass is 612 g/mol. The largest absolute Gasteiger partial charge is 0.497 e. The maximum absolute atomic E-state index is 13.8. The molecule has 4 N–H and O–H groups in total. The summed E-state index contributed by atoms with van der Waals surface area (Å²) < 4.78 is 41.0. The minimum Gasteiger partial charge on any atom is -0.497 e. The van der Waals surface area contributed by atoms with E-state index < -0.39 is 15.9 Å². The van der Waals surface area contributed by atoms with Gasteiger partial charge in [0.2, 0.25) is 5.91 Å². The second-order valence-corrected chi connectivity index (χ2v) is 11.6. The van der Waals surface area contributed by atoms with Crippen LogP contribution >= 0.6 is 0 Å². The van der Waals surface area contributed by atoms with Gasteiger partial charge in [-0.15, -0.1) is 0 Å². The van der Waals surface area contributed by atoms with Crippen LogP contribution in [0.1, 0.15) is 18.5 Å². The number of nitrogens with two attached hydrogens (primary N) is 1. The molecule has 0 radical (unpaired) electrons. The highest BCUT2D eigenvalue weighted by Crippen LogP contribution is 2.33. The number of amides is 1. The molecule has 12 heteroatoms. The van der Waals surface area contributed by atoms with Gasteiger partial charge in [-0.2, -0.15) is 0 Å². The Kier molecular flexibility index (Phi) is 8.81. The zero-order valence-electron chi connectivity index (χ0n) is 24.4. The van der Waals surface area contributed by atoms with E-state index in [2.05, 4.69) is 20.0 Å². The first-order valence-electron chi connectivity index (χ1n) is 13.7. The number of para-hydroxylation sites is 2. The Labute approximate surface area is 255 Å². The quantitative estimate of drug-likeness (QED) is 0.172. The fourth-order valence-corrected chi connectivity index (χ4v) is 5.77. The Morgan fingerprint density at radius 3 is 2.07 bits per heavy atom. The SMILES string of the molecule is COc1cc(Nc2nc3ccccc3nc2NS(=O)(=O)c2cccc(N(CC(N)=O)C(C)c3ccccc3)c2)cc(OC)c1. The maximum Gasteiger partial charge on any atom is 0.263 e. The molecule has 0 spiro atoms. The van der Waals surface area contributed by atoms with Gasteiger partial charge in [-0.3, -0.25) is 9.52 Å². The summed E-state index contributed by atoms with van der Waals surface area (Å²) in [5.41, 5.74) is 8.64. The van der Waals surface area contributed by atoms with Crippen LogP contribution in [-0.2, 0) is 14.8 Å². The van der Waals surface area contributed by atoms with Gasteiger partial charge in [0.15, 0.2) is 11.6 Å². The summed E-state index contributed by atoms with van der Waals surface area (Å²) in [5.74, 6) is 0.680. The Hall–Kier alpha value is -5.36. The van der Waals surface area contributed by atoms with Crippen molar-refractivity contribution in [1.82, 2.24) is 9.97 Å². The maximum atomic E-state index is 13.8. The number of carbonyl (C=O) groups excluding carboxylic acids is 1. The molecule has 1 amide bonds. The van der Waals surface area contributed by atoms with Crippen LogP contribution in [0, 0.1) is 0 Å². The molecule has 0 aliphatic rings. The number of hydrogen-bond acceptors (Lipinski definition) is 9. The number of ether oxygens (including phenoxy) is 2. The molecule has 0 saturated heterocycles. The Morgan fingerprint density at radius 1 is 0.841 bits per heavy atom. The van der Waals surface area contributed by atoms with E-state index >= 15 is 0 Å². The van der Waals surface area contributed by atoms with Gasteiger partial charge >= 0.3 is 0 Å². The molecular formula is C32H32N6O5S. The lowest BCUT2D eigenvalue weighted by Gasteiger charge is -2.31. The molecule has 11 nitrogen and oxygen atoms in total. The van der Waals surface area contributed by atoms with Gasteiger partial charge in [-0.1, -0.05) is 48.5 Å². The van der Waals surface area contributed by atoms with Crippen LogP contribution < -0.4 is 30.1 Å². The average molecular weight is 613 g/mol. The van der Waals surface area contributed by atoms with Crippen LogP contribution in [0.25, 0.3) is 11.0 Å². The molecular weight excluding hydrogens is 580 g/mol. The zero-order chi connectivity index (χ0) is 31.3. The van der Waals surface area contributed by atoms with Crippen molar-refractivity contribution in [1.29, 1.82) is 0 Å². The predicted molar refractivity (Wildman–Crippen MR) is 171 cm³/mol. The molecule has 1 heterocycles. The summed E-state index contributed by atoms with van der Waals surface area (Å²) in [6.45, 7) is 1.81. The molecule has 1 unspecified atom stereocenters. The van der Waals surface area contributed by atoms with Gasteiger partial charge in [-0.05, 0) is 42.8 Å². The normalized spacial score (nSPS) is 11.9. The third-order valence-electron chi connectivity index (χ3n) is 6.95. The third-order valence-corrected chi connectivity index (χ3v) is 8.29. The van der Waals surface area contributed by atoms with Gasteiger partial charge in [0.25, 0.3) is 10.0 Å². The Bertz CT molecular complexity index is 1880. The summed E-state index contributed by atoms with van der Waals surface area (Å²) in [4.78, 5) is 23.0. The van der Waals surface area contributed by atoms with Crippen molar-refractivity contribution in [3.05, 3.63) is 103 Å². The number of hydrogen-bond donors (Lipinski definition) is 3. The highest BCUT2D eigenvalue weighted by Gasteiger charge is 2.23. The number of sulfonamides is 1. The van der Waals surface area contributed by atoms with Gasteiger partial charge < -0.3 is 25.4 Å². The molecule has 4 aromatic carbocycles. The fraction of sp³-hybridized carbons (Fsp3) is 0.156. The topological polar surface area (TPSA) is 149 Å². The molecule has 44 heavy (non-hydrogen) atoms. The highest BCUT2D eigenvalue weighted by atomic mass is 32.2. The lowest BCUT2D eigenvalue weighted by Crippen LogP contribution is -2.36. The van der Waals surface area contributed by atoms with E-state index in [1.807, 2.05) is 43.3 Å². The Balaban J connectivity index is 1.52. The summed E-state index contributed by atoms with van der Waals surface area (Å²) in [6, 6.07) is 27.9. The second-order valence-electron chi connectivity index (χ2n) is 9.92. The first-order chi connectivity index (χ1) is 21.2. The number of methoxy groups -OCH3 is 2. The molecule has 0 aliphatic carbocycles. The highest BCUT2D eigenvalue weighted by molar-refractivity contribution is 7.92. The lowest BCUT2D eigenvalue weighted by molar-refractivity contribution is -0.116. The van der Waals surface area contributed by atoms with Crippen LogP contribution in [0.5, 0.6) is 11.5 Å². The lowest BCUT2D eigenvalue weighted by atomic mass is 10.1. The smallest absolute Gasteiger partial charge is 0.263 e. The first-order valence-corrected chi connectivity index (χ1v) is 15.1. The molecule has 1 atom stereocenters. The first kappa shape index (κ1) is 30.1. The van der Waals surface area contributed by atoms with Crippen molar-refractivity contribution in [2.45, 2.75) is 17.9 Å². The molecule has 226 valence electrons. The minimum absolute atomic E-state index is 0.0115. The van der Waals surface area contributed by atoms with Gasteiger partial charge in [0, 0.05) is 29.6 Å². The van der Waals surface area contributed by atoms with E-state index in [-0.39, 0.29) is 29.1 Å². The van der Waals surface area contributed by atoms with Gasteiger partial charge in [-0.25, -0.2) is 18.4 Å². The van der Waals surface area contributed by atoms with Crippen LogP contribution in [0.15, 0.2) is 102 Å². The van der Waals surface area contributed by atoms with Crippen molar-refractivity contribution < 1.29 is 22.7 Å². The molecule has 0 fully saturated rings. The number of anilines is 4. The summed E-state index contributed by atoms with van der Waals surface area (Å²) in [6.07, 6.45) is 0. The fourth-order valence-electron chi connectivity index (χ4n) is 4.72. The van der Waals surface area contributed by atoms with E-state index in [4.69, 9.17) is 15.2 Å². The number of rotatable bonds is 12. The number of primary amides is 1. The molecule has 5 rings (SSSR count). The number of fused-ring (bicyclic) bond motifs is 1. The molecule has 0 bridgehead atoms. The van der Waals surface area contributed by atoms with Crippen molar-refractivity contribution in [2.75, 3.05) is 35.7 Å². The van der Waals surface area contributed by atoms with E-state index in [9.17, 15) is 13.2 Å². The summed E-state index contributed by atoms with van der Waals surface area (Å²) in [7, 11) is -1.11. The van der Waals surface area contributed by atoms with Gasteiger partial charge in [0.05, 0.1) is 42.7 Å². The number of aromatic nitrogens is 2. The van der Waals surface area contributed by atoms with E-state index in [0.29, 0.717) is 33.9 Å². The van der Waals surface area contributed by atoms with Gasteiger partial charge in [0.1, 0.15) is 11.5 Å². The molecule has 0 aliphatic heterocycles. The van der Waals surface area contributed by atoms with E-state index in [1.165, 1.54) is 26.4 Å². The van der Waals surface area contributed by atoms with Crippen molar-refractivity contribution in [3.63, 3.8) is 0 Å². The molecule has 1 aromatic heterocycles. The minimum atomic E-state index is -4.18. The zero-order valence-corrected chi connectivity index (χ0v) is 25.2. The number of nitrogens with zero attached hydrogens (tertiary/aromatic N) is 3. The predicted octanol–water partition coefficient (Wildman–Crippen LogP) is 5.24. The number of carbonyl (C=O) groups is 1. The van der Waals surface area contributed by atoms with Crippen molar-refractivity contribution in [3.8, 4) is 11.5 Å². The van der Waals surface area contributed by atoms with Crippen LogP contribution in [0.3, 0.4) is 0 Å². The van der Waals surface area contributed by atoms with Crippen molar-refractivity contribution in [2.24, 2.45) is 5.73 Å². The summed E-state index contributed by atoms with van der Waals surface area (Å²) >= 11 is 0. The van der Waals surface area contributed by atoms with E-state index in [0.717, 1.165) is 5.56 Å².